The number of aliphatic hydroxyl groups is 1. The molecule has 0 aliphatic heterocycles. The lowest BCUT2D eigenvalue weighted by molar-refractivity contribution is -0.384. The Hall–Kier alpha value is -2.43. The molecule has 1 amide bonds. The first-order chi connectivity index (χ1) is 13.6. The topological polar surface area (TPSA) is 145 Å². The van der Waals surface area contributed by atoms with Crippen molar-refractivity contribution in [1.82, 2.24) is 5.32 Å². The highest BCUT2D eigenvalue weighted by atomic mass is 35.5. The number of nitrogens with one attached hydrogen (secondary N) is 1. The normalized spacial score (nSPS) is 12.7. The van der Waals surface area contributed by atoms with E-state index >= 15 is 0 Å². The Morgan fingerprint density at radius 1 is 1.17 bits per heavy atom. The Bertz CT molecular complexity index is 727. The summed E-state index contributed by atoms with van der Waals surface area (Å²) in [7, 11) is 0. The van der Waals surface area contributed by atoms with Crippen LogP contribution in [0.4, 0.5) is 5.69 Å². The third-order valence-electron chi connectivity index (χ3n) is 3.58. The molecule has 0 bridgehead atoms. The number of nitrogens with zero attached hydrogens (tertiary/aromatic N) is 1. The van der Waals surface area contributed by atoms with Crippen molar-refractivity contribution in [2.75, 3.05) is 13.2 Å². The number of nitro groups is 1. The van der Waals surface area contributed by atoms with E-state index in [0.717, 1.165) is 0 Å². The van der Waals surface area contributed by atoms with Gasteiger partial charge in [-0.1, -0.05) is 30.1 Å². The summed E-state index contributed by atoms with van der Waals surface area (Å²) >= 11 is 11.0. The molecule has 160 valence electrons. The third-order valence-corrected chi connectivity index (χ3v) is 3.98. The smallest absolute Gasteiger partial charge is 0.344 e. The van der Waals surface area contributed by atoms with Gasteiger partial charge in [-0.05, 0) is 24.1 Å². The van der Waals surface area contributed by atoms with Crippen molar-refractivity contribution < 1.29 is 33.9 Å². The number of amides is 1. The van der Waals surface area contributed by atoms with E-state index < -0.39 is 53.0 Å². The Labute approximate surface area is 176 Å². The van der Waals surface area contributed by atoms with Gasteiger partial charge in [0.05, 0.1) is 11.0 Å². The predicted octanol–water partition coefficient (Wildman–Crippen LogP) is 1.80. The van der Waals surface area contributed by atoms with Crippen molar-refractivity contribution in [2.45, 2.75) is 36.7 Å². The van der Waals surface area contributed by atoms with Crippen LogP contribution in [0.1, 0.15) is 31.4 Å². The van der Waals surface area contributed by atoms with E-state index in [1.807, 2.05) is 0 Å². The van der Waals surface area contributed by atoms with Gasteiger partial charge in [0.15, 0.2) is 11.4 Å². The van der Waals surface area contributed by atoms with Crippen molar-refractivity contribution >= 4 is 46.7 Å². The number of ether oxygens (including phenoxy) is 2. The molecule has 0 saturated carbocycles. The number of rotatable bonds is 11. The minimum absolute atomic E-state index is 0.150. The molecule has 10 nitrogen and oxygen atoms in total. The molecule has 1 rings (SSSR count). The lowest BCUT2D eigenvalue weighted by atomic mass is 10.0. The molecule has 0 aliphatic carbocycles. The molecule has 0 aromatic heterocycles. The number of benzene rings is 1. The fourth-order valence-electron chi connectivity index (χ4n) is 2.12. The minimum atomic E-state index is -1.44. The molecule has 2 atom stereocenters. The van der Waals surface area contributed by atoms with Crippen LogP contribution < -0.4 is 5.32 Å². The van der Waals surface area contributed by atoms with Gasteiger partial charge in [0.2, 0.25) is 0 Å². The summed E-state index contributed by atoms with van der Waals surface area (Å²) in [5.74, 6) is -2.30. The van der Waals surface area contributed by atoms with Crippen LogP contribution in [-0.4, -0.2) is 52.0 Å². The SMILES string of the molecule is CCCC(=O)OCC(=O)OC[C@@H](NC(=O)C(Cl)Cl)[C@H](O)c1ccc([N+](=O)[O-])cc1. The highest BCUT2D eigenvalue weighted by Gasteiger charge is 2.27. The molecule has 0 spiro atoms. The van der Waals surface area contributed by atoms with Gasteiger partial charge >= 0.3 is 11.9 Å². The number of carbonyl (C=O) groups excluding carboxylic acids is 3. The van der Waals surface area contributed by atoms with E-state index in [0.29, 0.717) is 6.42 Å². The Balaban J connectivity index is 2.79. The van der Waals surface area contributed by atoms with Crippen LogP contribution in [-0.2, 0) is 23.9 Å². The second kappa shape index (κ2) is 12.2. The molecule has 1 aromatic carbocycles. The van der Waals surface area contributed by atoms with E-state index in [1.54, 1.807) is 6.92 Å². The maximum absolute atomic E-state index is 11.8. The molecular weight excluding hydrogens is 431 g/mol. The van der Waals surface area contributed by atoms with Crippen molar-refractivity contribution in [1.29, 1.82) is 0 Å². The minimum Gasteiger partial charge on any atom is -0.461 e. The fourth-order valence-corrected chi connectivity index (χ4v) is 2.25. The summed E-state index contributed by atoms with van der Waals surface area (Å²) in [6, 6.07) is 3.74. The van der Waals surface area contributed by atoms with Gasteiger partial charge in [0, 0.05) is 18.6 Å². The van der Waals surface area contributed by atoms with Crippen LogP contribution in [0.5, 0.6) is 0 Å². The molecule has 0 unspecified atom stereocenters. The molecule has 0 aliphatic rings. The number of esters is 2. The molecule has 0 saturated heterocycles. The Morgan fingerprint density at radius 2 is 1.79 bits per heavy atom. The summed E-state index contributed by atoms with van der Waals surface area (Å²) in [6.07, 6.45) is -0.693. The number of hydrogen-bond acceptors (Lipinski definition) is 8. The van der Waals surface area contributed by atoms with Crippen molar-refractivity contribution in [3.05, 3.63) is 39.9 Å². The van der Waals surface area contributed by atoms with Gasteiger partial charge in [0.25, 0.3) is 11.6 Å². The maximum Gasteiger partial charge on any atom is 0.344 e. The van der Waals surface area contributed by atoms with Crippen LogP contribution in [0, 0.1) is 10.1 Å². The van der Waals surface area contributed by atoms with Gasteiger partial charge in [-0.25, -0.2) is 4.79 Å². The summed E-state index contributed by atoms with van der Waals surface area (Å²) < 4.78 is 9.64. The van der Waals surface area contributed by atoms with Gasteiger partial charge in [0.1, 0.15) is 12.7 Å². The second-order valence-corrected chi connectivity index (χ2v) is 6.90. The van der Waals surface area contributed by atoms with Crippen LogP contribution in [0.15, 0.2) is 24.3 Å². The lowest BCUT2D eigenvalue weighted by Gasteiger charge is -2.24. The zero-order valence-corrected chi connectivity index (χ0v) is 16.9. The van der Waals surface area contributed by atoms with Gasteiger partial charge in [-0.15, -0.1) is 0 Å². The number of carbonyl (C=O) groups is 3. The molecular formula is C17H20Cl2N2O8. The molecule has 12 heteroatoms. The number of hydrogen-bond donors (Lipinski definition) is 2. The van der Waals surface area contributed by atoms with E-state index in [1.165, 1.54) is 24.3 Å². The van der Waals surface area contributed by atoms with Gasteiger partial charge < -0.3 is 19.9 Å². The number of aliphatic hydroxyl groups excluding tert-OH is 1. The van der Waals surface area contributed by atoms with E-state index in [9.17, 15) is 29.6 Å². The molecule has 29 heavy (non-hydrogen) atoms. The molecule has 0 radical (unpaired) electrons. The second-order valence-electron chi connectivity index (χ2n) is 5.80. The average molecular weight is 451 g/mol. The first-order valence-electron chi connectivity index (χ1n) is 8.47. The largest absolute Gasteiger partial charge is 0.461 e. The predicted molar refractivity (Wildman–Crippen MR) is 102 cm³/mol. The standard InChI is InChI=1S/C17H20Cl2N2O8/c1-2-3-13(22)29-9-14(23)28-8-12(20-17(25)16(18)19)15(24)10-4-6-11(7-5-10)21(26)27/h4-7,12,15-16,24H,2-3,8-9H2,1H3,(H,20,25)/t12-,15-/m1/s1. The summed E-state index contributed by atoms with van der Waals surface area (Å²) in [6.45, 7) is 0.656. The Morgan fingerprint density at radius 3 is 2.31 bits per heavy atom. The zero-order chi connectivity index (χ0) is 22.0. The number of nitro benzene ring substituents is 1. The molecule has 0 heterocycles. The van der Waals surface area contributed by atoms with Crippen LogP contribution in [0.25, 0.3) is 0 Å². The van der Waals surface area contributed by atoms with Crippen LogP contribution in [0.2, 0.25) is 0 Å². The average Bonchev–Trinajstić information content (AvgIpc) is 2.68. The number of halogens is 2. The fraction of sp³-hybridized carbons (Fsp3) is 0.471. The van der Waals surface area contributed by atoms with Gasteiger partial charge in [-0.2, -0.15) is 0 Å². The molecule has 2 N–H and O–H groups in total. The highest BCUT2D eigenvalue weighted by molar-refractivity contribution is 6.53. The monoisotopic (exact) mass is 450 g/mol. The first kappa shape index (κ1) is 24.6. The number of non-ortho nitro benzene ring substituents is 1. The van der Waals surface area contributed by atoms with E-state index in [2.05, 4.69) is 5.32 Å². The summed E-state index contributed by atoms with van der Waals surface area (Å²) in [5, 5.41) is 23.5. The third kappa shape index (κ3) is 8.63. The van der Waals surface area contributed by atoms with E-state index in [-0.39, 0.29) is 17.7 Å². The molecule has 1 aromatic rings. The molecule has 0 fully saturated rings. The van der Waals surface area contributed by atoms with Crippen molar-refractivity contribution in [3.8, 4) is 0 Å². The Kier molecular flexibility index (Phi) is 10.4. The quantitative estimate of drug-likeness (QED) is 0.224. The van der Waals surface area contributed by atoms with Crippen LogP contribution >= 0.6 is 23.2 Å². The number of alkyl halides is 2. The summed E-state index contributed by atoms with van der Waals surface area (Å²) in [4.78, 5) is 43.5. The maximum atomic E-state index is 11.8. The first-order valence-corrected chi connectivity index (χ1v) is 9.35. The van der Waals surface area contributed by atoms with Crippen molar-refractivity contribution in [3.63, 3.8) is 0 Å². The van der Waals surface area contributed by atoms with E-state index in [4.69, 9.17) is 32.7 Å². The lowest BCUT2D eigenvalue weighted by Crippen LogP contribution is -2.45. The zero-order valence-electron chi connectivity index (χ0n) is 15.4. The van der Waals surface area contributed by atoms with Crippen LogP contribution in [0.3, 0.4) is 0 Å². The van der Waals surface area contributed by atoms with Gasteiger partial charge in [-0.3, -0.25) is 19.7 Å². The van der Waals surface area contributed by atoms with Crippen molar-refractivity contribution in [2.24, 2.45) is 0 Å². The summed E-state index contributed by atoms with van der Waals surface area (Å²) in [5.41, 5.74) is 0.0236. The highest BCUT2D eigenvalue weighted by Crippen LogP contribution is 2.21.